The first-order valence-electron chi connectivity index (χ1n) is 9.36. The largest absolute Gasteiger partial charge is 0.393 e. The van der Waals surface area contributed by atoms with Crippen LogP contribution in [0.4, 0.5) is 8.78 Å². The minimum atomic E-state index is -3.91. The van der Waals surface area contributed by atoms with Crippen LogP contribution in [0, 0.1) is 11.8 Å². The molecule has 0 amide bonds. The number of nitrogens with zero attached hydrogens (tertiary/aromatic N) is 2. The zero-order valence-corrected chi connectivity index (χ0v) is 19.1. The Morgan fingerprint density at radius 2 is 1.81 bits per heavy atom. The van der Waals surface area contributed by atoms with Gasteiger partial charge in [-0.05, 0) is 65.2 Å². The summed E-state index contributed by atoms with van der Waals surface area (Å²) in [7, 11) is -3.91. The van der Waals surface area contributed by atoms with Crippen LogP contribution in [0.1, 0.15) is 12.8 Å². The summed E-state index contributed by atoms with van der Waals surface area (Å²) in [5.41, 5.74) is 0.647. The summed E-state index contributed by atoms with van der Waals surface area (Å²) < 4.78 is 55.6. The Morgan fingerprint density at radius 1 is 1.13 bits per heavy atom. The lowest BCUT2D eigenvalue weighted by Crippen LogP contribution is -2.40. The molecule has 164 valence electrons. The molecule has 0 bridgehead atoms. The standard InChI is InChI=1S/C20H17BrClF2N3O3S/c21-14-9-11(2-4-16(14)23)18-19(24)26-20(25-18)12-1-3-15(22)17(10-12)31(29,30)27-7-5-13(28)6-8-27/h1-4,9-10,13,28H,5-8H2,(H,25,26). The molecule has 6 nitrogen and oxygen atoms in total. The molecule has 1 aliphatic rings. The Hall–Kier alpha value is -1.85. The zero-order valence-electron chi connectivity index (χ0n) is 15.9. The predicted octanol–water partition coefficient (Wildman–Crippen LogP) is 4.58. The number of halogens is 4. The number of piperidine rings is 1. The van der Waals surface area contributed by atoms with Crippen LogP contribution in [0.2, 0.25) is 5.02 Å². The van der Waals surface area contributed by atoms with Gasteiger partial charge in [-0.1, -0.05) is 11.6 Å². The number of nitrogens with one attached hydrogen (secondary N) is 1. The zero-order chi connectivity index (χ0) is 22.3. The van der Waals surface area contributed by atoms with Crippen LogP contribution in [0.5, 0.6) is 0 Å². The van der Waals surface area contributed by atoms with Crippen LogP contribution in [-0.2, 0) is 10.0 Å². The predicted molar refractivity (Wildman–Crippen MR) is 116 cm³/mol. The molecule has 0 radical (unpaired) electrons. The molecule has 1 aromatic heterocycles. The first-order chi connectivity index (χ1) is 14.7. The van der Waals surface area contributed by atoms with Crippen LogP contribution < -0.4 is 0 Å². The van der Waals surface area contributed by atoms with E-state index in [9.17, 15) is 22.3 Å². The van der Waals surface area contributed by atoms with Gasteiger partial charge < -0.3 is 10.1 Å². The Morgan fingerprint density at radius 3 is 2.48 bits per heavy atom. The van der Waals surface area contributed by atoms with Crippen LogP contribution in [-0.4, -0.2) is 47.0 Å². The second kappa shape index (κ2) is 8.59. The van der Waals surface area contributed by atoms with Crippen molar-refractivity contribution in [2.24, 2.45) is 0 Å². The average Bonchev–Trinajstić information content (AvgIpc) is 3.12. The van der Waals surface area contributed by atoms with Gasteiger partial charge in [-0.25, -0.2) is 17.8 Å². The highest BCUT2D eigenvalue weighted by molar-refractivity contribution is 9.10. The van der Waals surface area contributed by atoms with Gasteiger partial charge in [-0.2, -0.15) is 8.70 Å². The Bertz CT molecular complexity index is 1240. The molecule has 1 saturated heterocycles. The molecule has 3 aromatic rings. The van der Waals surface area contributed by atoms with E-state index in [0.29, 0.717) is 24.0 Å². The average molecular weight is 533 g/mol. The molecule has 11 heteroatoms. The lowest BCUT2D eigenvalue weighted by molar-refractivity contribution is 0.113. The fourth-order valence-corrected chi connectivity index (χ4v) is 5.74. The van der Waals surface area contributed by atoms with Crippen molar-refractivity contribution >= 4 is 37.6 Å². The Labute approximate surface area is 191 Å². The maximum Gasteiger partial charge on any atom is 0.244 e. The molecule has 1 aliphatic heterocycles. The lowest BCUT2D eigenvalue weighted by atomic mass is 10.1. The highest BCUT2D eigenvalue weighted by Crippen LogP contribution is 2.33. The number of aromatic amines is 1. The maximum atomic E-state index is 14.6. The van der Waals surface area contributed by atoms with E-state index in [4.69, 9.17) is 11.6 Å². The molecule has 2 heterocycles. The van der Waals surface area contributed by atoms with E-state index in [0.717, 1.165) is 0 Å². The topological polar surface area (TPSA) is 86.3 Å². The summed E-state index contributed by atoms with van der Waals surface area (Å²) in [5, 5.41) is 9.68. The second-order valence-corrected chi connectivity index (χ2v) is 10.3. The van der Waals surface area contributed by atoms with Crippen molar-refractivity contribution in [2.45, 2.75) is 23.8 Å². The highest BCUT2D eigenvalue weighted by atomic mass is 79.9. The lowest BCUT2D eigenvalue weighted by Gasteiger charge is -2.29. The number of hydrogen-bond acceptors (Lipinski definition) is 4. The molecular weight excluding hydrogens is 516 g/mol. The molecule has 31 heavy (non-hydrogen) atoms. The Balaban J connectivity index is 1.71. The minimum absolute atomic E-state index is 0.0277. The van der Waals surface area contributed by atoms with Crippen molar-refractivity contribution < 1.29 is 22.3 Å². The number of aromatic nitrogens is 2. The van der Waals surface area contributed by atoms with Crippen LogP contribution >= 0.6 is 27.5 Å². The summed E-state index contributed by atoms with van der Waals surface area (Å²) in [4.78, 5) is 6.62. The number of benzene rings is 2. The number of sulfonamides is 1. The van der Waals surface area contributed by atoms with Gasteiger partial charge >= 0.3 is 0 Å². The van der Waals surface area contributed by atoms with E-state index in [-0.39, 0.29) is 39.0 Å². The molecule has 0 aliphatic carbocycles. The fourth-order valence-electron chi connectivity index (χ4n) is 3.39. The van der Waals surface area contributed by atoms with Crippen molar-refractivity contribution in [1.82, 2.24) is 14.3 Å². The number of hydrogen-bond donors (Lipinski definition) is 2. The third kappa shape index (κ3) is 4.40. The fraction of sp³-hybridized carbons (Fsp3) is 0.250. The van der Waals surface area contributed by atoms with Crippen molar-refractivity contribution in [3.8, 4) is 22.6 Å². The van der Waals surface area contributed by atoms with Crippen LogP contribution in [0.25, 0.3) is 22.6 Å². The van der Waals surface area contributed by atoms with Crippen LogP contribution in [0.15, 0.2) is 45.8 Å². The normalized spacial score (nSPS) is 16.0. The summed E-state index contributed by atoms with van der Waals surface area (Å²) in [6.45, 7) is 0.367. The van der Waals surface area contributed by atoms with Crippen LogP contribution in [0.3, 0.4) is 0 Å². The smallest absolute Gasteiger partial charge is 0.244 e. The molecule has 0 unspecified atom stereocenters. The Kier molecular flexibility index (Phi) is 6.19. The number of imidazole rings is 1. The minimum Gasteiger partial charge on any atom is -0.393 e. The SMILES string of the molecule is O=S(=O)(c1cc(-c2nc(-c3ccc(F)c(Br)c3)c(F)[nH]2)ccc1Cl)N1CCC(O)CC1. The number of aliphatic hydroxyl groups is 1. The molecule has 2 N–H and O–H groups in total. The van der Waals surface area contributed by atoms with Crippen molar-refractivity contribution in [1.29, 1.82) is 0 Å². The van der Waals surface area contributed by atoms with Gasteiger partial charge in [0.2, 0.25) is 16.0 Å². The number of rotatable bonds is 4. The van der Waals surface area contributed by atoms with E-state index < -0.39 is 27.9 Å². The van der Waals surface area contributed by atoms with Gasteiger partial charge in [0, 0.05) is 24.2 Å². The van der Waals surface area contributed by atoms with Gasteiger partial charge in [0.15, 0.2) is 0 Å². The van der Waals surface area contributed by atoms with E-state index in [1.54, 1.807) is 0 Å². The molecular formula is C20H17BrClF2N3O3S. The number of H-pyrrole nitrogens is 1. The van der Waals surface area contributed by atoms with E-state index in [2.05, 4.69) is 25.9 Å². The van der Waals surface area contributed by atoms with Gasteiger partial charge in [-0.15, -0.1) is 0 Å². The summed E-state index contributed by atoms with van der Waals surface area (Å²) in [6, 6.07) is 8.27. The van der Waals surface area contributed by atoms with E-state index >= 15 is 0 Å². The first kappa shape index (κ1) is 22.3. The second-order valence-electron chi connectivity index (χ2n) is 7.16. The summed E-state index contributed by atoms with van der Waals surface area (Å²) in [6.07, 6.45) is 0.164. The molecule has 0 atom stereocenters. The molecule has 1 fully saturated rings. The van der Waals surface area contributed by atoms with Gasteiger partial charge in [0.25, 0.3) is 0 Å². The molecule has 2 aromatic carbocycles. The van der Waals surface area contributed by atoms with E-state index in [1.807, 2.05) is 0 Å². The summed E-state index contributed by atoms with van der Waals surface area (Å²) >= 11 is 9.24. The highest BCUT2D eigenvalue weighted by Gasteiger charge is 2.31. The third-order valence-electron chi connectivity index (χ3n) is 5.10. The first-order valence-corrected chi connectivity index (χ1v) is 12.0. The molecule has 0 saturated carbocycles. The van der Waals surface area contributed by atoms with Gasteiger partial charge in [0.1, 0.15) is 22.2 Å². The van der Waals surface area contributed by atoms with E-state index in [1.165, 1.54) is 40.7 Å². The number of aliphatic hydroxyl groups excluding tert-OH is 1. The van der Waals surface area contributed by atoms with Crippen molar-refractivity contribution in [3.05, 3.63) is 57.7 Å². The maximum absolute atomic E-state index is 14.6. The monoisotopic (exact) mass is 531 g/mol. The summed E-state index contributed by atoms with van der Waals surface area (Å²) in [5.74, 6) is -1.12. The van der Waals surface area contributed by atoms with Gasteiger partial charge in [0.05, 0.1) is 15.6 Å². The van der Waals surface area contributed by atoms with Crippen molar-refractivity contribution in [3.63, 3.8) is 0 Å². The quantitative estimate of drug-likeness (QED) is 0.515. The molecule has 0 spiro atoms. The van der Waals surface area contributed by atoms with Crippen molar-refractivity contribution in [2.75, 3.05) is 13.1 Å². The molecule has 4 rings (SSSR count). The van der Waals surface area contributed by atoms with Gasteiger partial charge in [-0.3, -0.25) is 0 Å². The third-order valence-corrected chi connectivity index (χ3v) is 8.09.